The van der Waals surface area contributed by atoms with Crippen molar-refractivity contribution in [3.8, 4) is 0 Å². The maximum absolute atomic E-state index is 4.41. The first kappa shape index (κ1) is 12.8. The van der Waals surface area contributed by atoms with E-state index in [4.69, 9.17) is 0 Å². The summed E-state index contributed by atoms with van der Waals surface area (Å²) < 4.78 is 0. The Bertz CT molecular complexity index is 455. The third kappa shape index (κ3) is 3.41. The minimum absolute atomic E-state index is 0.517. The van der Waals surface area contributed by atoms with Gasteiger partial charge < -0.3 is 5.01 Å². The van der Waals surface area contributed by atoms with Gasteiger partial charge in [-0.2, -0.15) is 5.10 Å². The van der Waals surface area contributed by atoms with Gasteiger partial charge in [0.15, 0.2) is 0 Å². The molecule has 0 N–H and O–H groups in total. The Hall–Kier alpha value is -1.66. The summed E-state index contributed by atoms with van der Waals surface area (Å²) in [4.78, 5) is 0. The van der Waals surface area contributed by atoms with Crippen LogP contribution >= 0.6 is 7.92 Å². The molecule has 0 aromatic heterocycles. The predicted molar refractivity (Wildman–Crippen MR) is 81.3 cm³/mol. The number of rotatable bonds is 4. The average molecular weight is 256 g/mol. The van der Waals surface area contributed by atoms with Gasteiger partial charge in [-0.1, -0.05) is 60.7 Å². The lowest BCUT2D eigenvalue weighted by molar-refractivity contribution is 0.441. The fourth-order valence-electron chi connectivity index (χ4n) is 1.61. The molecule has 0 spiro atoms. The molecule has 0 amide bonds. The molecule has 2 aromatic carbocycles. The first-order chi connectivity index (χ1) is 8.77. The van der Waals surface area contributed by atoms with Crippen LogP contribution in [-0.4, -0.2) is 25.1 Å². The SMILES string of the molecule is CN(C)/N=C/P(c1ccccc1)c1ccccc1. The molecule has 0 bridgehead atoms. The number of hydrazone groups is 1. The van der Waals surface area contributed by atoms with Crippen molar-refractivity contribution in [2.75, 3.05) is 14.1 Å². The molecular formula is C15H17N2P. The van der Waals surface area contributed by atoms with Gasteiger partial charge in [-0.05, 0) is 10.6 Å². The second-order valence-corrected chi connectivity index (χ2v) is 6.12. The minimum atomic E-state index is -0.517. The van der Waals surface area contributed by atoms with Gasteiger partial charge in [0.25, 0.3) is 0 Å². The third-order valence-electron chi connectivity index (χ3n) is 2.47. The summed E-state index contributed by atoms with van der Waals surface area (Å²) in [6.45, 7) is 0. The molecule has 0 unspecified atom stereocenters. The van der Waals surface area contributed by atoms with E-state index in [0.717, 1.165) is 0 Å². The Kier molecular flexibility index (Phi) is 4.49. The minimum Gasteiger partial charge on any atom is -0.303 e. The van der Waals surface area contributed by atoms with Crippen LogP contribution in [0.4, 0.5) is 0 Å². The van der Waals surface area contributed by atoms with Crippen LogP contribution in [0.1, 0.15) is 0 Å². The van der Waals surface area contributed by atoms with E-state index in [1.165, 1.54) is 10.6 Å². The van der Waals surface area contributed by atoms with E-state index in [1.54, 1.807) is 0 Å². The summed E-state index contributed by atoms with van der Waals surface area (Å²) in [6.07, 6.45) is 0. The Morgan fingerprint density at radius 2 is 1.28 bits per heavy atom. The molecule has 2 nitrogen and oxygen atoms in total. The quantitative estimate of drug-likeness (QED) is 0.466. The zero-order valence-electron chi connectivity index (χ0n) is 10.7. The normalized spacial score (nSPS) is 11.1. The zero-order chi connectivity index (χ0) is 12.8. The first-order valence-electron chi connectivity index (χ1n) is 5.88. The van der Waals surface area contributed by atoms with E-state index in [1.807, 2.05) is 31.2 Å². The lowest BCUT2D eigenvalue weighted by atomic mass is 10.4. The highest BCUT2D eigenvalue weighted by molar-refractivity contribution is 7.86. The van der Waals surface area contributed by atoms with Crippen molar-refractivity contribution >= 4 is 24.5 Å². The second-order valence-electron chi connectivity index (χ2n) is 4.12. The summed E-state index contributed by atoms with van der Waals surface area (Å²) in [7, 11) is 3.37. The van der Waals surface area contributed by atoms with Crippen molar-refractivity contribution in [3.63, 3.8) is 0 Å². The topological polar surface area (TPSA) is 15.6 Å². The number of hydrogen-bond donors (Lipinski definition) is 0. The molecule has 0 fully saturated rings. The maximum Gasteiger partial charge on any atom is 0.0566 e. The van der Waals surface area contributed by atoms with Crippen LogP contribution in [0.2, 0.25) is 0 Å². The molecule has 0 saturated heterocycles. The molecule has 2 aromatic rings. The summed E-state index contributed by atoms with van der Waals surface area (Å²) in [5, 5.41) is 8.90. The highest BCUT2D eigenvalue weighted by Crippen LogP contribution is 2.29. The fraction of sp³-hybridized carbons (Fsp3) is 0.133. The molecule has 2 rings (SSSR count). The van der Waals surface area contributed by atoms with Crippen molar-refractivity contribution < 1.29 is 0 Å². The van der Waals surface area contributed by atoms with Gasteiger partial charge in [-0.3, -0.25) is 0 Å². The number of nitrogens with zero attached hydrogens (tertiary/aromatic N) is 2. The average Bonchev–Trinajstić information content (AvgIpc) is 2.41. The Labute approximate surface area is 110 Å². The second kappa shape index (κ2) is 6.32. The van der Waals surface area contributed by atoms with E-state index in [0.29, 0.717) is 0 Å². The highest BCUT2D eigenvalue weighted by atomic mass is 31.1. The molecule has 3 heteroatoms. The van der Waals surface area contributed by atoms with Gasteiger partial charge in [0, 0.05) is 22.0 Å². The van der Waals surface area contributed by atoms with Crippen LogP contribution in [0.25, 0.3) is 0 Å². The maximum atomic E-state index is 4.41. The molecule has 0 aliphatic carbocycles. The molecule has 0 aliphatic rings. The monoisotopic (exact) mass is 256 g/mol. The van der Waals surface area contributed by atoms with Gasteiger partial charge in [0.1, 0.15) is 0 Å². The van der Waals surface area contributed by atoms with E-state index in [9.17, 15) is 0 Å². The molecule has 0 radical (unpaired) electrons. The van der Waals surface area contributed by atoms with Gasteiger partial charge in [0.05, 0.1) is 5.96 Å². The zero-order valence-corrected chi connectivity index (χ0v) is 11.6. The van der Waals surface area contributed by atoms with Crippen LogP contribution in [0.3, 0.4) is 0 Å². The summed E-state index contributed by atoms with van der Waals surface area (Å²) >= 11 is 0. The Balaban J connectivity index is 2.35. The van der Waals surface area contributed by atoms with Crippen LogP contribution in [0, 0.1) is 0 Å². The molecule has 0 saturated carbocycles. The van der Waals surface area contributed by atoms with Crippen molar-refractivity contribution in [2.45, 2.75) is 0 Å². The van der Waals surface area contributed by atoms with Crippen LogP contribution in [0.15, 0.2) is 65.8 Å². The van der Waals surface area contributed by atoms with Crippen molar-refractivity contribution in [3.05, 3.63) is 60.7 Å². The predicted octanol–water partition coefficient (Wildman–Crippen LogP) is 2.62. The van der Waals surface area contributed by atoms with Crippen molar-refractivity contribution in [1.29, 1.82) is 0 Å². The van der Waals surface area contributed by atoms with E-state index in [2.05, 4.69) is 59.6 Å². The van der Waals surface area contributed by atoms with E-state index in [-0.39, 0.29) is 0 Å². The van der Waals surface area contributed by atoms with E-state index >= 15 is 0 Å². The Morgan fingerprint density at radius 1 is 0.833 bits per heavy atom. The number of hydrogen-bond acceptors (Lipinski definition) is 2. The lowest BCUT2D eigenvalue weighted by Crippen LogP contribution is -2.13. The first-order valence-corrected chi connectivity index (χ1v) is 7.29. The smallest absolute Gasteiger partial charge is 0.0566 e. The standard InChI is InChI=1S/C15H17N2P/c1-17(2)16-13-18(14-9-5-3-6-10-14)15-11-7-4-8-12-15/h3-13H,1-2H3/b16-13+. The van der Waals surface area contributed by atoms with Crippen LogP contribution < -0.4 is 10.6 Å². The largest absolute Gasteiger partial charge is 0.303 e. The summed E-state index contributed by atoms with van der Waals surface area (Å²) in [5.74, 6) is 2.06. The van der Waals surface area contributed by atoms with Crippen molar-refractivity contribution in [2.24, 2.45) is 5.10 Å². The molecule has 0 heterocycles. The van der Waals surface area contributed by atoms with Gasteiger partial charge in [0.2, 0.25) is 0 Å². The van der Waals surface area contributed by atoms with Gasteiger partial charge in [-0.25, -0.2) is 0 Å². The molecular weight excluding hydrogens is 239 g/mol. The molecule has 18 heavy (non-hydrogen) atoms. The molecule has 92 valence electrons. The molecule has 0 aliphatic heterocycles. The van der Waals surface area contributed by atoms with Gasteiger partial charge in [-0.15, -0.1) is 0 Å². The Morgan fingerprint density at radius 3 is 1.67 bits per heavy atom. The highest BCUT2D eigenvalue weighted by Gasteiger charge is 2.10. The summed E-state index contributed by atoms with van der Waals surface area (Å²) in [6, 6.07) is 21.1. The van der Waals surface area contributed by atoms with Crippen LogP contribution in [0.5, 0.6) is 0 Å². The van der Waals surface area contributed by atoms with Crippen molar-refractivity contribution in [1.82, 2.24) is 5.01 Å². The fourth-order valence-corrected chi connectivity index (χ4v) is 3.48. The van der Waals surface area contributed by atoms with E-state index < -0.39 is 7.92 Å². The summed E-state index contributed by atoms with van der Waals surface area (Å²) in [5.41, 5.74) is 0. The van der Waals surface area contributed by atoms with Gasteiger partial charge >= 0.3 is 0 Å². The molecule has 0 atom stereocenters. The lowest BCUT2D eigenvalue weighted by Gasteiger charge is -2.14. The third-order valence-corrected chi connectivity index (χ3v) is 4.51. The number of benzene rings is 2. The van der Waals surface area contributed by atoms with Crippen LogP contribution in [-0.2, 0) is 0 Å².